The molecule has 4 aromatic heterocycles. The Balaban J connectivity index is 0.000000117. The Morgan fingerprint density at radius 3 is 0.927 bits per heavy atom. The van der Waals surface area contributed by atoms with E-state index < -0.39 is 22.4 Å². The highest BCUT2D eigenvalue weighted by atomic mass is 16.3. The SMILES string of the molecule is CC[C@]12CC[C@@](C)(O)C[C@@H]1CC[C@H]1[C@@H]3CC[C@H](C(=O)Cn4nnc(C)n4)[C@@]3(C)CC[C@@H]12.CC[C@]12CC[C@@](C)(O)C[C@@H]1CC[C@H]1[C@@H]3CC[C@H](C(=O)Cn4nnc[n+]4C)[C@@]3(C)CC[C@@H]12.CC[C@]12CC[C@@](C)(O)C[C@H]1CC[C@H]1[C@@H]3CC[C@H](C(=O)Cn4cc(C)cn4)[C@@]3(C)CC[C@@H]12.CC[C@]12CC[C@@](C)(O)C[C@H]1CC[C@H]1[C@@H]3CC[C@H](C(=O)Cn4cc(C)cn4)[C@@]3(C)CC[C@@H]12. The summed E-state index contributed by atoms with van der Waals surface area (Å²) in [6, 6.07) is 0. The van der Waals surface area contributed by atoms with Gasteiger partial charge < -0.3 is 20.4 Å². The molecule has 0 aliphatic heterocycles. The van der Waals surface area contributed by atoms with Crippen molar-refractivity contribution in [3.8, 4) is 0 Å². The highest BCUT2D eigenvalue weighted by Gasteiger charge is 2.69. The Kier molecular flexibility index (Phi) is 24.7. The molecule has 4 heterocycles. The van der Waals surface area contributed by atoms with Gasteiger partial charge in [-0.3, -0.25) is 28.5 Å². The van der Waals surface area contributed by atoms with Gasteiger partial charge in [0.2, 0.25) is 0 Å². The molecular formula is C104H165N12O8+. The van der Waals surface area contributed by atoms with Crippen LogP contribution in [0.2, 0.25) is 0 Å². The van der Waals surface area contributed by atoms with Gasteiger partial charge in [-0.15, -0.1) is 10.2 Å². The van der Waals surface area contributed by atoms with Crippen molar-refractivity contribution >= 4 is 23.1 Å². The van der Waals surface area contributed by atoms with Gasteiger partial charge in [0.05, 0.1) is 54.9 Å². The maximum Gasteiger partial charge on any atom is 0.288 e. The Hall–Kier alpha value is -4.92. The average Bonchev–Trinajstić information content (AvgIpc) is 1.37. The van der Waals surface area contributed by atoms with Gasteiger partial charge in [-0.2, -0.15) is 19.7 Å². The topological polar surface area (TPSA) is 263 Å². The molecule has 0 unspecified atom stereocenters. The molecule has 0 saturated heterocycles. The lowest BCUT2D eigenvalue weighted by atomic mass is 9.42. The number of Topliss-reactive ketones (excluding diaryl/α,β-unsaturated/α-hetero) is 4. The molecule has 124 heavy (non-hydrogen) atoms. The van der Waals surface area contributed by atoms with Crippen molar-refractivity contribution in [2.24, 2.45) is 169 Å². The van der Waals surface area contributed by atoms with Crippen LogP contribution in [-0.4, -0.2) is 121 Å². The van der Waals surface area contributed by atoms with E-state index >= 15 is 0 Å². The highest BCUT2D eigenvalue weighted by Crippen LogP contribution is 2.75. The molecule has 20 rings (SSSR count). The Morgan fingerprint density at radius 2 is 0.669 bits per heavy atom. The molecule has 16 aliphatic carbocycles. The summed E-state index contributed by atoms with van der Waals surface area (Å²) in [6.45, 7) is 35.0. The first-order valence-electron chi connectivity index (χ1n) is 51.2. The quantitative estimate of drug-likeness (QED) is 0.0760. The first-order valence-corrected chi connectivity index (χ1v) is 51.2. The minimum atomic E-state index is -0.474. The Bertz CT molecular complexity index is 4170. The minimum Gasteiger partial charge on any atom is -0.390 e. The van der Waals surface area contributed by atoms with E-state index in [4.69, 9.17) is 0 Å². The minimum absolute atomic E-state index is 0.121. The molecule has 0 aromatic carbocycles. The smallest absolute Gasteiger partial charge is 0.288 e. The molecule has 20 heteroatoms. The van der Waals surface area contributed by atoms with Crippen LogP contribution >= 0.6 is 0 Å². The van der Waals surface area contributed by atoms with Crippen molar-refractivity contribution in [3.05, 3.63) is 48.1 Å². The van der Waals surface area contributed by atoms with E-state index in [0.717, 1.165) is 136 Å². The molecule has 0 spiro atoms. The Labute approximate surface area is 744 Å². The third kappa shape index (κ3) is 15.8. The van der Waals surface area contributed by atoms with Crippen LogP contribution in [0.5, 0.6) is 0 Å². The van der Waals surface area contributed by atoms with Gasteiger partial charge in [0, 0.05) is 36.1 Å². The summed E-state index contributed by atoms with van der Waals surface area (Å²) in [4.78, 5) is 56.6. The second-order valence-corrected chi connectivity index (χ2v) is 48.5. The molecular weight excluding hydrogens is 1550 g/mol. The lowest BCUT2D eigenvalue weighted by Crippen LogP contribution is -2.56. The van der Waals surface area contributed by atoms with Gasteiger partial charge in [-0.25, -0.2) is 0 Å². The first-order chi connectivity index (χ1) is 58.7. The molecule has 20 nitrogen and oxygen atoms in total. The monoisotopic (exact) mass is 1710 g/mol. The molecule has 4 aromatic rings. The van der Waals surface area contributed by atoms with Gasteiger partial charge in [-0.05, 0) is 460 Å². The lowest BCUT2D eigenvalue weighted by molar-refractivity contribution is -0.757. The molecule has 16 saturated carbocycles. The van der Waals surface area contributed by atoms with Crippen LogP contribution in [0.3, 0.4) is 0 Å². The van der Waals surface area contributed by atoms with Crippen LogP contribution < -0.4 is 4.68 Å². The van der Waals surface area contributed by atoms with Crippen LogP contribution in [0.25, 0.3) is 0 Å². The van der Waals surface area contributed by atoms with Gasteiger partial charge in [0.15, 0.2) is 34.2 Å². The van der Waals surface area contributed by atoms with Crippen molar-refractivity contribution in [3.63, 3.8) is 0 Å². The third-order valence-electron chi connectivity index (χ3n) is 42.8. The normalized spacial score (nSPS) is 46.8. The van der Waals surface area contributed by atoms with Gasteiger partial charge in [0.1, 0.15) is 18.2 Å². The number of tetrazole rings is 2. The average molecular weight is 1710 g/mol. The molecule has 16 aliphatic rings. The van der Waals surface area contributed by atoms with Crippen molar-refractivity contribution in [1.82, 2.24) is 54.9 Å². The molecule has 0 bridgehead atoms. The number of nitrogens with zero attached hydrogens (tertiary/aromatic N) is 12. The summed E-state index contributed by atoms with van der Waals surface area (Å²) in [7, 11) is 1.89. The first kappa shape index (κ1) is 91.0. The second kappa shape index (κ2) is 33.7. The van der Waals surface area contributed by atoms with Crippen LogP contribution in [0.1, 0.15) is 357 Å². The molecule has 16 fully saturated rings. The van der Waals surface area contributed by atoms with Gasteiger partial charge in [0.25, 0.3) is 6.33 Å². The molecule has 4 N–H and O–H groups in total. The van der Waals surface area contributed by atoms with Gasteiger partial charge >= 0.3 is 0 Å². The fourth-order valence-electron chi connectivity index (χ4n) is 36.9. The number of aromatic nitrogens is 12. The molecule has 0 amide bonds. The standard InChI is InChI=1S/2C27H42N2O2.C25H41N4O2.C25H40N4O2/c2*1-5-27-13-12-25(3,31)14-19(27)6-7-20-21-8-9-23(26(21,4)11-10-22(20)27)24(30)17-29-16-18(2)15-28-29;1-5-25-13-12-23(2,31)14-17(25)6-7-18-19-8-9-21(24(19,3)11-10-20(18)25)22(30)15-29-27-26-16-28(29)4;1-5-25-13-12-23(3,31)14-17(25)6-7-18-19-8-9-21(24(19,4)11-10-20(18)25)22(30)15-29-27-16(2)26-28-29/h2*15-16,19-23,31H,5-14,17H2,1-4H3;16-21,31H,5-15H2,1-4H3;17-21,31H,5-15H2,1-4H3/q;;+1;/t2*19-,20+,21+,22+,23-,25-,26+,27+;2*17-,18-,19-,20-,21+,23+,24-,25-/m1100/s1. The fraction of sp³-hybridized carbons (Fsp3) is 0.885. The summed E-state index contributed by atoms with van der Waals surface area (Å²) >= 11 is 0. The van der Waals surface area contributed by atoms with E-state index in [2.05, 4.69) is 119 Å². The number of aryl methyl sites for hydroxylation is 4. The lowest BCUT2D eigenvalue weighted by Gasteiger charge is -2.63. The summed E-state index contributed by atoms with van der Waals surface area (Å²) in [6.07, 6.45) is 56.2. The van der Waals surface area contributed by atoms with Gasteiger partial charge in [-0.1, -0.05) is 60.2 Å². The predicted octanol–water partition coefficient (Wildman–Crippen LogP) is 18.9. The maximum atomic E-state index is 13.4. The molecule has 0 radical (unpaired) electrons. The second-order valence-electron chi connectivity index (χ2n) is 48.5. The largest absolute Gasteiger partial charge is 0.390 e. The van der Waals surface area contributed by atoms with Crippen LogP contribution in [0, 0.1) is 182 Å². The number of hydrogen-bond donors (Lipinski definition) is 4. The number of aliphatic hydroxyl groups is 4. The number of hydrogen-bond acceptors (Lipinski definition) is 15. The zero-order chi connectivity index (χ0) is 88.1. The summed E-state index contributed by atoms with van der Waals surface area (Å²) < 4.78 is 5.48. The van der Waals surface area contributed by atoms with E-state index in [-0.39, 0.29) is 51.9 Å². The number of ketones is 4. The Morgan fingerprint density at radius 1 is 0.371 bits per heavy atom. The molecule has 32 atom stereocenters. The zero-order valence-electron chi connectivity index (χ0n) is 79.8. The molecule has 688 valence electrons. The van der Waals surface area contributed by atoms with Crippen LogP contribution in [0.15, 0.2) is 31.1 Å². The summed E-state index contributed by atoms with van der Waals surface area (Å²) in [5.41, 5.74) is 2.67. The van der Waals surface area contributed by atoms with Crippen molar-refractivity contribution < 1.29 is 44.3 Å². The number of fused-ring (bicyclic) bond motifs is 20. The summed E-state index contributed by atoms with van der Waals surface area (Å²) in [5.74, 6) is 14.5. The van der Waals surface area contributed by atoms with E-state index in [9.17, 15) is 39.6 Å². The summed E-state index contributed by atoms with van der Waals surface area (Å²) in [5, 5.41) is 72.1. The van der Waals surface area contributed by atoms with Crippen LogP contribution in [-0.2, 0) is 52.4 Å². The van der Waals surface area contributed by atoms with Crippen molar-refractivity contribution in [2.45, 2.75) is 409 Å². The predicted molar refractivity (Wildman–Crippen MR) is 480 cm³/mol. The zero-order valence-corrected chi connectivity index (χ0v) is 79.8. The highest BCUT2D eigenvalue weighted by molar-refractivity contribution is 5.83. The number of carbonyl (C=O) groups excluding carboxylic acids is 4. The fourth-order valence-corrected chi connectivity index (χ4v) is 36.9. The van der Waals surface area contributed by atoms with E-state index in [1.54, 1.807) is 15.8 Å². The number of carbonyl (C=O) groups is 4. The van der Waals surface area contributed by atoms with Crippen LogP contribution in [0.4, 0.5) is 0 Å². The van der Waals surface area contributed by atoms with E-state index in [0.29, 0.717) is 118 Å². The third-order valence-corrected chi connectivity index (χ3v) is 42.8. The number of rotatable bonds is 16. The van der Waals surface area contributed by atoms with Crippen molar-refractivity contribution in [2.75, 3.05) is 0 Å². The van der Waals surface area contributed by atoms with Crippen molar-refractivity contribution in [1.29, 1.82) is 0 Å². The maximum absolute atomic E-state index is 13.4. The van der Waals surface area contributed by atoms with E-state index in [1.165, 1.54) is 185 Å². The van der Waals surface area contributed by atoms with E-state index in [1.807, 2.05) is 62.0 Å².